The van der Waals surface area contributed by atoms with Crippen molar-refractivity contribution in [1.82, 2.24) is 15.3 Å². The topological polar surface area (TPSA) is 97.4 Å². The summed E-state index contributed by atoms with van der Waals surface area (Å²) in [6.07, 6.45) is 2.75. The number of hydrogen-bond donors (Lipinski definition) is 3. The molecule has 0 unspecified atom stereocenters. The van der Waals surface area contributed by atoms with Crippen LogP contribution in [0.3, 0.4) is 0 Å². The van der Waals surface area contributed by atoms with Gasteiger partial charge < -0.3 is 4.74 Å². The van der Waals surface area contributed by atoms with Gasteiger partial charge in [0.15, 0.2) is 0 Å². The summed E-state index contributed by atoms with van der Waals surface area (Å²) >= 11 is -1.62. The van der Waals surface area contributed by atoms with Gasteiger partial charge in [0.25, 0.3) is 0 Å². The predicted molar refractivity (Wildman–Crippen MR) is 128 cm³/mol. The van der Waals surface area contributed by atoms with E-state index < -0.39 is 26.3 Å². The zero-order valence-electron chi connectivity index (χ0n) is 17.2. The van der Waals surface area contributed by atoms with Crippen LogP contribution in [0.5, 0.6) is 5.88 Å². The standard InChI is InChI=1S/C22H21FIN5O3/c1-11-15(8-28-21-20(11)26-2-3-31-21)14-4-12-6-19(27-7-13(12)5-16(14)23)29-22(30)32-24-17-9-25-10-18(17)24/h4-8,17-18,25-26H,2-3,9-10H2,1H3,(H,27,29,30)/t17-,18+. The van der Waals surface area contributed by atoms with Crippen LogP contribution in [0.15, 0.2) is 30.6 Å². The van der Waals surface area contributed by atoms with E-state index in [4.69, 9.17) is 7.80 Å². The third-order valence-electron chi connectivity index (χ3n) is 5.99. The Hall–Kier alpha value is -2.73. The SMILES string of the molecule is Cc1c(-c2cc3cc(NC(=O)OI4[C@@H]5CNC[C@@H]54)ncc3cc2F)cnc2c1NCCO2. The van der Waals surface area contributed by atoms with Crippen molar-refractivity contribution in [3.63, 3.8) is 0 Å². The molecule has 2 aromatic heterocycles. The van der Waals surface area contributed by atoms with Gasteiger partial charge in [-0.15, -0.1) is 0 Å². The van der Waals surface area contributed by atoms with Gasteiger partial charge in [-0.05, 0) is 0 Å². The van der Waals surface area contributed by atoms with Crippen LogP contribution in [-0.2, 0) is 3.07 Å². The van der Waals surface area contributed by atoms with Crippen molar-refractivity contribution >= 4 is 48.6 Å². The monoisotopic (exact) mass is 549 g/mol. The van der Waals surface area contributed by atoms with Crippen LogP contribution in [0.4, 0.5) is 20.7 Å². The Kier molecular flexibility index (Phi) is 4.79. The Morgan fingerprint density at radius 2 is 2.03 bits per heavy atom. The first-order chi connectivity index (χ1) is 15.6. The van der Waals surface area contributed by atoms with Gasteiger partial charge in [0.1, 0.15) is 6.61 Å². The number of anilines is 2. The van der Waals surface area contributed by atoms with Crippen molar-refractivity contribution in [2.24, 2.45) is 0 Å². The number of hydrogen-bond acceptors (Lipinski definition) is 7. The van der Waals surface area contributed by atoms with Crippen LogP contribution in [-0.4, -0.2) is 50.2 Å². The molecule has 3 aromatic rings. The molecule has 6 rings (SSSR count). The number of carbonyl (C=O) groups is 1. The first-order valence-electron chi connectivity index (χ1n) is 10.4. The van der Waals surface area contributed by atoms with Gasteiger partial charge in [-0.2, -0.15) is 0 Å². The molecular weight excluding hydrogens is 528 g/mol. The number of alkyl halides is 2. The molecule has 3 aliphatic heterocycles. The van der Waals surface area contributed by atoms with Crippen LogP contribution < -0.4 is 20.7 Å². The molecule has 3 N–H and O–H groups in total. The van der Waals surface area contributed by atoms with E-state index in [9.17, 15) is 9.18 Å². The molecule has 166 valence electrons. The summed E-state index contributed by atoms with van der Waals surface area (Å²) in [5.41, 5.74) is 2.79. The summed E-state index contributed by atoms with van der Waals surface area (Å²) < 4.78 is 27.4. The molecule has 2 fully saturated rings. The zero-order chi connectivity index (χ0) is 21.8. The molecule has 3 aliphatic rings. The third-order valence-corrected chi connectivity index (χ3v) is 11.8. The van der Waals surface area contributed by atoms with Gasteiger partial charge in [0.05, 0.1) is 0 Å². The number of ether oxygens (including phenoxy) is 1. The number of nitrogens with one attached hydrogen (secondary N) is 3. The summed E-state index contributed by atoms with van der Waals surface area (Å²) in [5.74, 6) is 0.561. The van der Waals surface area contributed by atoms with Crippen LogP contribution in [0, 0.1) is 12.7 Å². The molecular formula is C22H21FIN5O3. The average molecular weight is 549 g/mol. The summed E-state index contributed by atoms with van der Waals surface area (Å²) in [6.45, 7) is 5.08. The normalized spacial score (nSPS) is 21.9. The summed E-state index contributed by atoms with van der Waals surface area (Å²) in [5, 5.41) is 10.7. The zero-order valence-corrected chi connectivity index (χ0v) is 19.4. The number of benzene rings is 1. The van der Waals surface area contributed by atoms with E-state index in [2.05, 4.69) is 25.9 Å². The molecule has 0 aliphatic carbocycles. The molecule has 8 nitrogen and oxygen atoms in total. The van der Waals surface area contributed by atoms with Gasteiger partial charge in [-0.1, -0.05) is 0 Å². The minimum absolute atomic E-state index is 0.360. The molecule has 1 amide bonds. The molecule has 10 heteroatoms. The molecule has 0 saturated carbocycles. The Morgan fingerprint density at radius 1 is 1.19 bits per heavy atom. The molecule has 2 saturated heterocycles. The van der Waals surface area contributed by atoms with E-state index in [1.165, 1.54) is 6.07 Å². The maximum atomic E-state index is 15.0. The number of aromatic nitrogens is 2. The van der Waals surface area contributed by atoms with Crippen LogP contribution >= 0.6 is 20.2 Å². The molecule has 5 heterocycles. The number of fused-ring (bicyclic) bond motifs is 3. The quantitative estimate of drug-likeness (QED) is 0.337. The second-order valence-electron chi connectivity index (χ2n) is 7.99. The third kappa shape index (κ3) is 3.41. The fraction of sp³-hybridized carbons (Fsp3) is 0.318. The van der Waals surface area contributed by atoms with Gasteiger partial charge in [-0.25, -0.2) is 0 Å². The molecule has 0 radical (unpaired) electrons. The molecule has 2 atom stereocenters. The first-order valence-corrected chi connectivity index (χ1v) is 13.8. The van der Waals surface area contributed by atoms with Crippen molar-refractivity contribution in [3.8, 4) is 17.0 Å². The van der Waals surface area contributed by atoms with Crippen molar-refractivity contribution in [2.75, 3.05) is 36.9 Å². The number of halogens is 2. The van der Waals surface area contributed by atoms with Crippen molar-refractivity contribution in [2.45, 2.75) is 14.8 Å². The van der Waals surface area contributed by atoms with E-state index in [0.29, 0.717) is 49.2 Å². The Morgan fingerprint density at radius 3 is 2.88 bits per heavy atom. The molecule has 32 heavy (non-hydrogen) atoms. The van der Waals surface area contributed by atoms with E-state index in [-0.39, 0.29) is 5.82 Å². The summed E-state index contributed by atoms with van der Waals surface area (Å²) in [7, 11) is 0. The minimum Gasteiger partial charge on any atom is -0.474 e. The predicted octanol–water partition coefficient (Wildman–Crippen LogP) is 3.87. The van der Waals surface area contributed by atoms with Crippen LogP contribution in [0.25, 0.3) is 21.9 Å². The Balaban J connectivity index is 1.28. The Labute approximate surface area is 191 Å². The van der Waals surface area contributed by atoms with Crippen molar-refractivity contribution in [3.05, 3.63) is 42.0 Å². The van der Waals surface area contributed by atoms with E-state index in [0.717, 1.165) is 29.7 Å². The number of amides is 1. The number of pyridine rings is 2. The second-order valence-corrected chi connectivity index (χ2v) is 13.4. The van der Waals surface area contributed by atoms with Gasteiger partial charge in [0, 0.05) is 6.54 Å². The number of carbonyl (C=O) groups excluding carboxylic acids is 1. The molecule has 0 spiro atoms. The van der Waals surface area contributed by atoms with Gasteiger partial charge in [0.2, 0.25) is 0 Å². The average Bonchev–Trinajstić information content (AvgIpc) is 3.19. The van der Waals surface area contributed by atoms with Crippen LogP contribution in [0.1, 0.15) is 5.56 Å². The number of rotatable bonds is 3. The summed E-state index contributed by atoms with van der Waals surface area (Å²) in [6, 6.07) is 4.95. The van der Waals surface area contributed by atoms with Gasteiger partial charge in [-0.3, -0.25) is 0 Å². The van der Waals surface area contributed by atoms with Gasteiger partial charge >= 0.3 is 174 Å². The fourth-order valence-electron chi connectivity index (χ4n) is 4.28. The van der Waals surface area contributed by atoms with E-state index in [1.807, 2.05) is 6.92 Å². The van der Waals surface area contributed by atoms with E-state index in [1.54, 1.807) is 24.5 Å². The fourth-order valence-corrected chi connectivity index (χ4v) is 9.72. The van der Waals surface area contributed by atoms with E-state index >= 15 is 0 Å². The second kappa shape index (κ2) is 7.69. The van der Waals surface area contributed by atoms with Crippen LogP contribution in [0.2, 0.25) is 0 Å². The Bertz CT molecular complexity index is 1250. The van der Waals surface area contributed by atoms with Crippen molar-refractivity contribution < 1.29 is 17.0 Å². The number of nitrogens with zero attached hydrogens (tertiary/aromatic N) is 2. The smallest absolute Gasteiger partial charge is 0.474 e. The maximum absolute atomic E-state index is 15.0. The molecule has 0 bridgehead atoms. The first kappa shape index (κ1) is 19.9. The molecule has 1 aromatic carbocycles. The summed E-state index contributed by atoms with van der Waals surface area (Å²) in [4.78, 5) is 20.9. The van der Waals surface area contributed by atoms with Crippen molar-refractivity contribution in [1.29, 1.82) is 0 Å². The minimum atomic E-state index is -1.62.